The smallest absolute Gasteiger partial charge is 0.248 e. The summed E-state index contributed by atoms with van der Waals surface area (Å²) in [5.41, 5.74) is 11.8. The van der Waals surface area contributed by atoms with Crippen LogP contribution < -0.4 is 11.5 Å². The Labute approximate surface area is 127 Å². The van der Waals surface area contributed by atoms with Crippen molar-refractivity contribution in [2.24, 2.45) is 5.73 Å². The van der Waals surface area contributed by atoms with Crippen molar-refractivity contribution in [1.82, 2.24) is 0 Å². The van der Waals surface area contributed by atoms with Crippen molar-refractivity contribution in [3.05, 3.63) is 58.6 Å². The standard InChI is InChI=1S/C14H13ClN2O3S/c15-11-2-1-3-12(16)13(11)21(19,20)8-9-4-6-10(7-5-9)14(17)18/h1-7H,8,16H2,(H2,17,18). The molecule has 0 fully saturated rings. The fraction of sp³-hybridized carbons (Fsp3) is 0.0714. The van der Waals surface area contributed by atoms with Crippen molar-refractivity contribution in [2.75, 3.05) is 5.73 Å². The van der Waals surface area contributed by atoms with Gasteiger partial charge in [-0.25, -0.2) is 8.42 Å². The Hall–Kier alpha value is -2.05. The van der Waals surface area contributed by atoms with Gasteiger partial charge in [-0.2, -0.15) is 0 Å². The van der Waals surface area contributed by atoms with Gasteiger partial charge in [0.1, 0.15) is 4.90 Å². The molecule has 7 heteroatoms. The molecule has 0 aliphatic heterocycles. The number of halogens is 1. The minimum absolute atomic E-state index is 0.0781. The Kier molecular flexibility index (Phi) is 4.20. The number of carbonyl (C=O) groups is 1. The lowest BCUT2D eigenvalue weighted by molar-refractivity contribution is 0.100. The number of nitrogen functional groups attached to an aromatic ring is 1. The van der Waals surface area contributed by atoms with Crippen molar-refractivity contribution < 1.29 is 13.2 Å². The summed E-state index contributed by atoms with van der Waals surface area (Å²) in [5.74, 6) is -0.834. The van der Waals surface area contributed by atoms with Gasteiger partial charge in [-0.05, 0) is 29.8 Å². The van der Waals surface area contributed by atoms with Gasteiger partial charge in [0.25, 0.3) is 0 Å². The molecule has 0 aromatic heterocycles. The number of nitrogens with two attached hydrogens (primary N) is 2. The average Bonchev–Trinajstić information content (AvgIpc) is 2.38. The van der Waals surface area contributed by atoms with Gasteiger partial charge in [-0.1, -0.05) is 29.8 Å². The van der Waals surface area contributed by atoms with Crippen LogP contribution in [0.15, 0.2) is 47.4 Å². The summed E-state index contributed by atoms with van der Waals surface area (Å²) in [7, 11) is -3.68. The normalized spacial score (nSPS) is 11.3. The van der Waals surface area contributed by atoms with Gasteiger partial charge in [0.05, 0.1) is 16.5 Å². The molecule has 0 saturated carbocycles. The monoisotopic (exact) mass is 324 g/mol. The number of sulfone groups is 1. The molecule has 0 saturated heterocycles. The van der Waals surface area contributed by atoms with Crippen LogP contribution in [0.25, 0.3) is 0 Å². The highest BCUT2D eigenvalue weighted by molar-refractivity contribution is 7.91. The number of hydrogen-bond donors (Lipinski definition) is 2. The van der Waals surface area contributed by atoms with Crippen molar-refractivity contribution >= 4 is 33.0 Å². The Morgan fingerprint density at radius 2 is 1.71 bits per heavy atom. The van der Waals surface area contributed by atoms with Gasteiger partial charge in [-0.3, -0.25) is 4.79 Å². The van der Waals surface area contributed by atoms with E-state index in [2.05, 4.69) is 0 Å². The number of carbonyl (C=O) groups excluding carboxylic acids is 1. The molecule has 0 unspecified atom stereocenters. The highest BCUT2D eigenvalue weighted by Crippen LogP contribution is 2.29. The first kappa shape index (κ1) is 15.3. The lowest BCUT2D eigenvalue weighted by Crippen LogP contribution is -2.11. The van der Waals surface area contributed by atoms with Crippen LogP contribution in [-0.4, -0.2) is 14.3 Å². The van der Waals surface area contributed by atoms with Gasteiger partial charge in [0.15, 0.2) is 9.84 Å². The van der Waals surface area contributed by atoms with Crippen molar-refractivity contribution in [3.8, 4) is 0 Å². The molecular weight excluding hydrogens is 312 g/mol. The summed E-state index contributed by atoms with van der Waals surface area (Å²) in [4.78, 5) is 10.9. The van der Waals surface area contributed by atoms with Gasteiger partial charge in [0.2, 0.25) is 5.91 Å². The number of benzene rings is 2. The summed E-state index contributed by atoms with van der Waals surface area (Å²) in [5, 5.41) is 0.0868. The maximum atomic E-state index is 12.4. The predicted molar refractivity (Wildman–Crippen MR) is 81.7 cm³/mol. The molecular formula is C14H13ClN2O3S. The van der Waals surface area contributed by atoms with E-state index in [0.717, 1.165) is 0 Å². The fourth-order valence-corrected chi connectivity index (χ4v) is 4.01. The molecule has 0 atom stereocenters. The minimum atomic E-state index is -3.68. The number of primary amides is 1. The topological polar surface area (TPSA) is 103 Å². The number of rotatable bonds is 4. The Bertz CT molecular complexity index is 766. The Balaban J connectivity index is 2.35. The fourth-order valence-electron chi connectivity index (χ4n) is 1.91. The largest absolute Gasteiger partial charge is 0.398 e. The van der Waals surface area contributed by atoms with E-state index in [9.17, 15) is 13.2 Å². The number of hydrogen-bond acceptors (Lipinski definition) is 4. The van der Waals surface area contributed by atoms with Crippen molar-refractivity contribution in [1.29, 1.82) is 0 Å². The zero-order chi connectivity index (χ0) is 15.6. The van der Waals surface area contributed by atoms with Crippen molar-refractivity contribution in [2.45, 2.75) is 10.6 Å². The molecule has 0 spiro atoms. The summed E-state index contributed by atoms with van der Waals surface area (Å²) in [6.45, 7) is 0. The van der Waals surface area contributed by atoms with E-state index in [1.165, 1.54) is 36.4 Å². The van der Waals surface area contributed by atoms with Crippen LogP contribution >= 0.6 is 11.6 Å². The minimum Gasteiger partial charge on any atom is -0.398 e. The van der Waals surface area contributed by atoms with Crippen LogP contribution in [0.1, 0.15) is 15.9 Å². The van der Waals surface area contributed by atoms with E-state index < -0.39 is 15.7 Å². The van der Waals surface area contributed by atoms with Crippen LogP contribution in [0, 0.1) is 0 Å². The zero-order valence-corrected chi connectivity index (χ0v) is 12.5. The highest BCUT2D eigenvalue weighted by Gasteiger charge is 2.21. The summed E-state index contributed by atoms with van der Waals surface area (Å²) < 4.78 is 24.8. The first-order valence-corrected chi connectivity index (χ1v) is 8.00. The number of anilines is 1. The SMILES string of the molecule is NC(=O)c1ccc(CS(=O)(=O)c2c(N)cccc2Cl)cc1. The second kappa shape index (κ2) is 5.75. The van der Waals surface area contributed by atoms with Crippen LogP contribution in [0.3, 0.4) is 0 Å². The molecule has 0 aliphatic rings. The van der Waals surface area contributed by atoms with Gasteiger partial charge in [-0.15, -0.1) is 0 Å². The van der Waals surface area contributed by atoms with Crippen molar-refractivity contribution in [3.63, 3.8) is 0 Å². The average molecular weight is 325 g/mol. The second-order valence-corrected chi connectivity index (χ2v) is 6.81. The second-order valence-electron chi connectivity index (χ2n) is 4.48. The Morgan fingerprint density at radius 1 is 1.10 bits per heavy atom. The van der Waals surface area contributed by atoms with E-state index in [1.807, 2.05) is 0 Å². The van der Waals surface area contributed by atoms with E-state index >= 15 is 0 Å². The molecule has 110 valence electrons. The third kappa shape index (κ3) is 3.34. The van der Waals surface area contributed by atoms with Crippen LogP contribution in [-0.2, 0) is 15.6 Å². The van der Waals surface area contributed by atoms with Gasteiger partial charge < -0.3 is 11.5 Å². The first-order chi connectivity index (χ1) is 9.81. The van der Waals surface area contributed by atoms with Crippen LogP contribution in [0.5, 0.6) is 0 Å². The summed E-state index contributed by atoms with van der Waals surface area (Å²) in [6, 6.07) is 10.6. The third-order valence-corrected chi connectivity index (χ3v) is 5.12. The molecule has 0 bridgehead atoms. The molecule has 2 aromatic rings. The lowest BCUT2D eigenvalue weighted by atomic mass is 10.1. The zero-order valence-electron chi connectivity index (χ0n) is 10.9. The molecule has 0 radical (unpaired) electrons. The van der Waals surface area contributed by atoms with E-state index in [-0.39, 0.29) is 21.4 Å². The molecule has 0 heterocycles. The maximum absolute atomic E-state index is 12.4. The molecule has 0 aliphatic carbocycles. The summed E-state index contributed by atoms with van der Waals surface area (Å²) in [6.07, 6.45) is 0. The van der Waals surface area contributed by atoms with E-state index in [4.69, 9.17) is 23.1 Å². The molecule has 4 N–H and O–H groups in total. The Morgan fingerprint density at radius 3 is 2.24 bits per heavy atom. The molecule has 1 amide bonds. The molecule has 21 heavy (non-hydrogen) atoms. The first-order valence-electron chi connectivity index (χ1n) is 5.97. The van der Waals surface area contributed by atoms with Gasteiger partial charge >= 0.3 is 0 Å². The molecule has 2 rings (SSSR count). The van der Waals surface area contributed by atoms with E-state index in [0.29, 0.717) is 11.1 Å². The van der Waals surface area contributed by atoms with Crippen LogP contribution in [0.4, 0.5) is 5.69 Å². The quantitative estimate of drug-likeness (QED) is 0.839. The summed E-state index contributed by atoms with van der Waals surface area (Å²) >= 11 is 5.93. The molecule has 5 nitrogen and oxygen atoms in total. The van der Waals surface area contributed by atoms with E-state index in [1.54, 1.807) is 6.07 Å². The lowest BCUT2D eigenvalue weighted by Gasteiger charge is -2.09. The third-order valence-electron chi connectivity index (χ3n) is 2.90. The molecule has 2 aromatic carbocycles. The maximum Gasteiger partial charge on any atom is 0.248 e. The number of amides is 1. The predicted octanol–water partition coefficient (Wildman–Crippen LogP) is 1.99. The van der Waals surface area contributed by atoms with Gasteiger partial charge in [0, 0.05) is 5.56 Å². The van der Waals surface area contributed by atoms with Crippen LogP contribution in [0.2, 0.25) is 5.02 Å². The highest BCUT2D eigenvalue weighted by atomic mass is 35.5.